The molecule has 1 aliphatic rings. The van der Waals surface area contributed by atoms with E-state index >= 15 is 0 Å². The first-order chi connectivity index (χ1) is 14.2. The maximum absolute atomic E-state index is 10.9. The molecule has 1 fully saturated rings. The number of thioether (sulfide) groups is 1. The zero-order valence-electron chi connectivity index (χ0n) is 15.9. The lowest BCUT2D eigenvalue weighted by Gasteiger charge is -2.17. The summed E-state index contributed by atoms with van der Waals surface area (Å²) in [5, 5.41) is 21.0. The lowest BCUT2D eigenvalue weighted by atomic mass is 10.1. The van der Waals surface area contributed by atoms with Crippen molar-refractivity contribution in [1.29, 1.82) is 0 Å². The molecule has 4 atom stereocenters. The number of hydrogen-bond donors (Lipinski definition) is 5. The van der Waals surface area contributed by atoms with Crippen LogP contribution in [-0.4, -0.2) is 70.2 Å². The molecule has 0 spiro atoms. The van der Waals surface area contributed by atoms with Crippen molar-refractivity contribution in [3.8, 4) is 0 Å². The average molecular weight is 461 g/mol. The van der Waals surface area contributed by atoms with Crippen molar-refractivity contribution in [3.63, 3.8) is 0 Å². The van der Waals surface area contributed by atoms with Gasteiger partial charge in [-0.25, -0.2) is 19.5 Å². The zero-order chi connectivity index (χ0) is 21.9. The van der Waals surface area contributed by atoms with Crippen molar-refractivity contribution < 1.29 is 33.8 Å². The molecule has 0 saturated carbocycles. The summed E-state index contributed by atoms with van der Waals surface area (Å²) in [6.07, 6.45) is 1.00. The van der Waals surface area contributed by atoms with Gasteiger partial charge in [0.05, 0.1) is 12.9 Å². The number of anilines is 1. The number of ether oxygens (including phenoxy) is 1. The highest BCUT2D eigenvalue weighted by Crippen LogP contribution is 2.39. The Balaban J connectivity index is 1.78. The SMILES string of the molecule is C=CCCCCSc1nc(N)c2ncn(C3O[C@H](COP(=O)(O)O)[C@@H](O)[C@H]3O)c2n1. The smallest absolute Gasteiger partial charge is 0.387 e. The highest BCUT2D eigenvalue weighted by Gasteiger charge is 2.45. The molecule has 2 aromatic heterocycles. The third-order valence-corrected chi connectivity index (χ3v) is 5.90. The molecule has 0 aromatic carbocycles. The average Bonchev–Trinajstić information content (AvgIpc) is 3.21. The van der Waals surface area contributed by atoms with Crippen LogP contribution < -0.4 is 5.73 Å². The lowest BCUT2D eigenvalue weighted by Crippen LogP contribution is -2.33. The molecule has 0 aliphatic carbocycles. The Morgan fingerprint density at radius 1 is 1.33 bits per heavy atom. The molecule has 30 heavy (non-hydrogen) atoms. The van der Waals surface area contributed by atoms with Crippen LogP contribution in [0.1, 0.15) is 25.5 Å². The van der Waals surface area contributed by atoms with E-state index in [4.69, 9.17) is 20.3 Å². The molecule has 0 amide bonds. The standard InChI is InChI=1S/C16H24N5O7PS/c1-2-3-4-5-6-30-16-19-13(17)10-14(20-16)21(8-18-10)15-12(23)11(22)9(28-15)7-27-29(24,25)26/h2,8-9,11-12,15,22-23H,1,3-7H2,(H2,17,19,20)(H2,24,25,26)/t9-,11-,12-,15?/m1/s1. The molecular weight excluding hydrogens is 437 g/mol. The van der Waals surface area contributed by atoms with Crippen molar-refractivity contribution in [1.82, 2.24) is 19.5 Å². The highest BCUT2D eigenvalue weighted by molar-refractivity contribution is 7.99. The van der Waals surface area contributed by atoms with Gasteiger partial charge in [0, 0.05) is 5.75 Å². The number of allylic oxidation sites excluding steroid dienone is 1. The Kier molecular flexibility index (Phi) is 7.47. The number of phosphoric acid groups is 1. The van der Waals surface area contributed by atoms with Crippen LogP contribution in [0.5, 0.6) is 0 Å². The second-order valence-electron chi connectivity index (χ2n) is 6.68. The number of nitrogen functional groups attached to an aromatic ring is 1. The molecule has 1 unspecified atom stereocenters. The van der Waals surface area contributed by atoms with Crippen molar-refractivity contribution >= 4 is 36.6 Å². The summed E-state index contributed by atoms with van der Waals surface area (Å²) >= 11 is 1.43. The maximum Gasteiger partial charge on any atom is 0.469 e. The minimum atomic E-state index is -4.75. The van der Waals surface area contributed by atoms with Gasteiger partial charge in [-0.15, -0.1) is 6.58 Å². The number of nitrogens with zero attached hydrogens (tertiary/aromatic N) is 4. The lowest BCUT2D eigenvalue weighted by molar-refractivity contribution is -0.0504. The van der Waals surface area contributed by atoms with Crippen molar-refractivity contribution in [3.05, 3.63) is 19.0 Å². The van der Waals surface area contributed by atoms with Crippen molar-refractivity contribution in [2.75, 3.05) is 18.1 Å². The van der Waals surface area contributed by atoms with Gasteiger partial charge in [-0.1, -0.05) is 17.8 Å². The Hall–Kier alpha value is -1.57. The van der Waals surface area contributed by atoms with E-state index in [2.05, 4.69) is 26.1 Å². The number of aromatic nitrogens is 4. The topological polar surface area (TPSA) is 186 Å². The number of phosphoric ester groups is 1. The van der Waals surface area contributed by atoms with Gasteiger partial charge >= 0.3 is 7.82 Å². The first kappa shape index (κ1) is 23.1. The Morgan fingerprint density at radius 3 is 2.80 bits per heavy atom. The summed E-state index contributed by atoms with van der Waals surface area (Å²) in [4.78, 5) is 30.5. The number of aliphatic hydroxyl groups excluding tert-OH is 2. The number of imidazole rings is 1. The predicted molar refractivity (Wildman–Crippen MR) is 108 cm³/mol. The van der Waals surface area contributed by atoms with Gasteiger partial charge in [-0.05, 0) is 19.3 Å². The van der Waals surface area contributed by atoms with E-state index in [1.54, 1.807) is 0 Å². The number of hydrogen-bond acceptors (Lipinski definition) is 10. The summed E-state index contributed by atoms with van der Waals surface area (Å²) in [7, 11) is -4.75. The molecule has 0 radical (unpaired) electrons. The van der Waals surface area contributed by atoms with E-state index in [1.807, 2.05) is 6.08 Å². The van der Waals surface area contributed by atoms with Crippen LogP contribution >= 0.6 is 19.6 Å². The summed E-state index contributed by atoms with van der Waals surface area (Å²) in [5.41, 5.74) is 6.61. The number of rotatable bonds is 10. The minimum absolute atomic E-state index is 0.168. The van der Waals surface area contributed by atoms with Crippen molar-refractivity contribution in [2.45, 2.75) is 49.0 Å². The number of unbranched alkanes of at least 4 members (excludes halogenated alkanes) is 2. The van der Waals surface area contributed by atoms with Crippen LogP contribution in [0, 0.1) is 0 Å². The highest BCUT2D eigenvalue weighted by atomic mass is 32.2. The molecule has 12 nitrogen and oxygen atoms in total. The normalized spacial score (nSPS) is 24.5. The quantitative estimate of drug-likeness (QED) is 0.109. The van der Waals surface area contributed by atoms with Gasteiger partial charge in [0.15, 0.2) is 22.8 Å². The Morgan fingerprint density at radius 2 is 2.10 bits per heavy atom. The number of nitrogens with two attached hydrogens (primary N) is 1. The van der Waals surface area contributed by atoms with Crippen LogP contribution in [0.25, 0.3) is 11.2 Å². The van der Waals surface area contributed by atoms with Gasteiger partial charge in [0.25, 0.3) is 0 Å². The van der Waals surface area contributed by atoms with E-state index in [1.165, 1.54) is 22.7 Å². The van der Waals surface area contributed by atoms with Crippen LogP contribution in [-0.2, 0) is 13.8 Å². The van der Waals surface area contributed by atoms with E-state index < -0.39 is 39.0 Å². The van der Waals surface area contributed by atoms with E-state index in [0.717, 1.165) is 25.0 Å². The van der Waals surface area contributed by atoms with Gasteiger partial charge in [-0.3, -0.25) is 9.09 Å². The second-order valence-corrected chi connectivity index (χ2v) is 8.98. The number of fused-ring (bicyclic) bond motifs is 1. The maximum atomic E-state index is 10.9. The molecule has 6 N–H and O–H groups in total. The first-order valence-electron chi connectivity index (χ1n) is 9.16. The van der Waals surface area contributed by atoms with E-state index in [0.29, 0.717) is 16.3 Å². The second kappa shape index (κ2) is 9.71. The fourth-order valence-corrected chi connectivity index (χ4v) is 4.18. The summed E-state index contributed by atoms with van der Waals surface area (Å²) < 4.78 is 22.3. The molecule has 166 valence electrons. The van der Waals surface area contributed by atoms with Crippen molar-refractivity contribution in [2.24, 2.45) is 0 Å². The molecule has 1 saturated heterocycles. The van der Waals surface area contributed by atoms with Gasteiger partial charge in [-0.2, -0.15) is 0 Å². The van der Waals surface area contributed by atoms with Gasteiger partial charge in [0.1, 0.15) is 23.8 Å². The fourth-order valence-electron chi connectivity index (χ4n) is 2.99. The zero-order valence-corrected chi connectivity index (χ0v) is 17.7. The molecule has 1 aliphatic heterocycles. The molecule has 0 bridgehead atoms. The molecule has 2 aromatic rings. The van der Waals surface area contributed by atoms with Crippen LogP contribution in [0.2, 0.25) is 0 Å². The Bertz CT molecular complexity index is 938. The first-order valence-corrected chi connectivity index (χ1v) is 11.7. The Labute approximate surface area is 176 Å². The fraction of sp³-hybridized carbons (Fsp3) is 0.562. The molecule has 3 heterocycles. The minimum Gasteiger partial charge on any atom is -0.387 e. The monoisotopic (exact) mass is 461 g/mol. The third-order valence-electron chi connectivity index (χ3n) is 4.48. The van der Waals surface area contributed by atoms with E-state index in [9.17, 15) is 14.8 Å². The molecular formula is C16H24N5O7PS. The molecule has 14 heteroatoms. The van der Waals surface area contributed by atoms with Gasteiger partial charge in [0.2, 0.25) is 0 Å². The third kappa shape index (κ3) is 5.37. The molecule has 3 rings (SSSR count). The van der Waals surface area contributed by atoms with Crippen LogP contribution in [0.3, 0.4) is 0 Å². The number of aliphatic hydroxyl groups is 2. The van der Waals surface area contributed by atoms with Gasteiger partial charge < -0.3 is 30.5 Å². The summed E-state index contributed by atoms with van der Waals surface area (Å²) in [6, 6.07) is 0. The van der Waals surface area contributed by atoms with Crippen LogP contribution in [0.4, 0.5) is 5.82 Å². The predicted octanol–water partition coefficient (Wildman–Crippen LogP) is 0.585. The van der Waals surface area contributed by atoms with E-state index in [-0.39, 0.29) is 5.82 Å². The summed E-state index contributed by atoms with van der Waals surface area (Å²) in [5.74, 6) is 0.956. The van der Waals surface area contributed by atoms with Crippen LogP contribution in [0.15, 0.2) is 24.1 Å². The summed E-state index contributed by atoms with van der Waals surface area (Å²) in [6.45, 7) is 3.09. The largest absolute Gasteiger partial charge is 0.469 e.